The lowest BCUT2D eigenvalue weighted by Gasteiger charge is -2.35. The third-order valence-electron chi connectivity index (χ3n) is 3.80. The van der Waals surface area contributed by atoms with E-state index >= 15 is 0 Å². The van der Waals surface area contributed by atoms with Gasteiger partial charge in [0.2, 0.25) is 12.3 Å². The number of amides is 2. The average Bonchev–Trinajstić information content (AvgIpc) is 2.58. The predicted octanol–water partition coefficient (Wildman–Crippen LogP) is 0.873. The Morgan fingerprint density at radius 3 is 2.46 bits per heavy atom. The topological polar surface area (TPSA) is 99.6 Å². The van der Waals surface area contributed by atoms with Crippen molar-refractivity contribution in [2.24, 2.45) is 5.92 Å². The number of hydrogen-bond acceptors (Lipinski definition) is 7. The van der Waals surface area contributed by atoms with Crippen molar-refractivity contribution in [3.63, 3.8) is 0 Å². The zero-order chi connectivity index (χ0) is 17.9. The van der Waals surface area contributed by atoms with Crippen molar-refractivity contribution in [1.82, 2.24) is 15.0 Å². The minimum Gasteiger partial charge on any atom is -0.433 e. The second kappa shape index (κ2) is 10.8. The van der Waals surface area contributed by atoms with Crippen LogP contribution in [0.1, 0.15) is 33.1 Å². The van der Waals surface area contributed by atoms with Gasteiger partial charge < -0.3 is 14.5 Å². The van der Waals surface area contributed by atoms with Gasteiger partial charge in [0.25, 0.3) is 0 Å². The summed E-state index contributed by atoms with van der Waals surface area (Å²) in [6.07, 6.45) is 1.93. The van der Waals surface area contributed by atoms with Crippen LogP contribution < -0.4 is 0 Å². The van der Waals surface area contributed by atoms with Gasteiger partial charge in [0.1, 0.15) is 0 Å². The molecule has 24 heavy (non-hydrogen) atoms. The number of hydroxylamine groups is 4. The van der Waals surface area contributed by atoms with Crippen LogP contribution in [0.3, 0.4) is 0 Å². The molecular formula is C15H27N3O6. The molecule has 0 aromatic carbocycles. The van der Waals surface area contributed by atoms with Crippen LogP contribution in [0.4, 0.5) is 4.79 Å². The normalized spacial score (nSPS) is 16.4. The molecule has 9 nitrogen and oxygen atoms in total. The second-order valence-corrected chi connectivity index (χ2v) is 5.60. The first-order valence-electron chi connectivity index (χ1n) is 8.31. The Morgan fingerprint density at radius 1 is 1.25 bits per heavy atom. The summed E-state index contributed by atoms with van der Waals surface area (Å²) in [7, 11) is 0. The van der Waals surface area contributed by atoms with E-state index in [0.717, 1.165) is 12.8 Å². The summed E-state index contributed by atoms with van der Waals surface area (Å²) in [5.41, 5.74) is 0. The van der Waals surface area contributed by atoms with Crippen LogP contribution in [0.25, 0.3) is 0 Å². The number of nitrogens with zero attached hydrogens (tertiary/aromatic N) is 3. The molecule has 0 aromatic heterocycles. The van der Waals surface area contributed by atoms with Gasteiger partial charge in [0.05, 0.1) is 32.2 Å². The average molecular weight is 345 g/mol. The number of carbonyl (C=O) groups is 3. The Balaban J connectivity index is 2.50. The fourth-order valence-corrected chi connectivity index (χ4v) is 2.52. The highest BCUT2D eigenvalue weighted by molar-refractivity contribution is 5.79. The van der Waals surface area contributed by atoms with E-state index in [0.29, 0.717) is 44.1 Å². The molecule has 0 aromatic rings. The zero-order valence-corrected chi connectivity index (χ0v) is 14.3. The van der Waals surface area contributed by atoms with Crippen LogP contribution in [-0.2, 0) is 19.2 Å². The van der Waals surface area contributed by atoms with Crippen LogP contribution in [0.15, 0.2) is 0 Å². The number of carbonyl (C=O) groups excluding carboxylic acids is 3. The van der Waals surface area contributed by atoms with Crippen molar-refractivity contribution < 1.29 is 29.2 Å². The molecule has 1 aliphatic heterocycles. The standard InChI is InChI=1S/C15H27N3O6/c1-3-5-6-13(11-17(22)12-19)14(20)16-7-9-18(10-8-16)24-15(21)23-4-2/h12-13,22H,3-11H2,1-2H3/t13-/m1/s1. The molecule has 1 N–H and O–H groups in total. The first kappa shape index (κ1) is 20.2. The predicted molar refractivity (Wildman–Crippen MR) is 83.8 cm³/mol. The summed E-state index contributed by atoms with van der Waals surface area (Å²) in [6.45, 7) is 5.54. The minimum absolute atomic E-state index is 0.0120. The highest BCUT2D eigenvalue weighted by atomic mass is 16.8. The van der Waals surface area contributed by atoms with Crippen molar-refractivity contribution in [2.75, 3.05) is 39.3 Å². The lowest BCUT2D eigenvalue weighted by molar-refractivity contribution is -0.164. The van der Waals surface area contributed by atoms with Crippen LogP contribution in [0.5, 0.6) is 0 Å². The number of unbranched alkanes of at least 4 members (excludes halogenated alkanes) is 1. The fraction of sp³-hybridized carbons (Fsp3) is 0.800. The van der Waals surface area contributed by atoms with E-state index in [-0.39, 0.29) is 19.1 Å². The number of hydrogen-bond donors (Lipinski definition) is 1. The molecule has 1 fully saturated rings. The van der Waals surface area contributed by atoms with E-state index < -0.39 is 12.1 Å². The van der Waals surface area contributed by atoms with Crippen LogP contribution in [0.2, 0.25) is 0 Å². The van der Waals surface area contributed by atoms with Crippen LogP contribution in [-0.4, -0.2) is 78.0 Å². The summed E-state index contributed by atoms with van der Waals surface area (Å²) in [6, 6.07) is 0. The van der Waals surface area contributed by atoms with Gasteiger partial charge >= 0.3 is 6.16 Å². The smallest absolute Gasteiger partial charge is 0.433 e. The Labute approximate surface area is 142 Å². The molecular weight excluding hydrogens is 318 g/mol. The largest absolute Gasteiger partial charge is 0.527 e. The van der Waals surface area contributed by atoms with Crippen molar-refractivity contribution >= 4 is 18.5 Å². The Bertz CT molecular complexity index is 412. The summed E-state index contributed by atoms with van der Waals surface area (Å²) in [5.74, 6) is -0.530. The Kier molecular flexibility index (Phi) is 9.10. The molecule has 1 saturated heterocycles. The maximum absolute atomic E-state index is 12.6. The highest BCUT2D eigenvalue weighted by Gasteiger charge is 2.29. The summed E-state index contributed by atoms with van der Waals surface area (Å²) < 4.78 is 4.71. The molecule has 1 rings (SSSR count). The Morgan fingerprint density at radius 2 is 1.92 bits per heavy atom. The fourth-order valence-electron chi connectivity index (χ4n) is 2.52. The highest BCUT2D eigenvalue weighted by Crippen LogP contribution is 2.15. The summed E-state index contributed by atoms with van der Waals surface area (Å²) >= 11 is 0. The first-order chi connectivity index (χ1) is 11.5. The van der Waals surface area contributed by atoms with Gasteiger partial charge in [-0.05, 0) is 13.3 Å². The molecule has 1 heterocycles. The molecule has 1 aliphatic rings. The minimum atomic E-state index is -0.750. The second-order valence-electron chi connectivity index (χ2n) is 5.60. The summed E-state index contributed by atoms with van der Waals surface area (Å²) in [5, 5.41) is 11.4. The molecule has 9 heteroatoms. The van der Waals surface area contributed by atoms with Gasteiger partial charge in [-0.2, -0.15) is 0 Å². The molecule has 0 radical (unpaired) electrons. The molecule has 0 spiro atoms. The lowest BCUT2D eigenvalue weighted by atomic mass is 10.00. The SMILES string of the molecule is CCCC[C@H](CN(O)C=O)C(=O)N1CCN(OC(=O)OCC)CC1. The van der Waals surface area contributed by atoms with E-state index in [1.807, 2.05) is 6.92 Å². The number of rotatable bonds is 9. The van der Waals surface area contributed by atoms with Gasteiger partial charge in [-0.3, -0.25) is 14.8 Å². The van der Waals surface area contributed by atoms with Gasteiger partial charge in [-0.25, -0.2) is 9.86 Å². The lowest BCUT2D eigenvalue weighted by Crippen LogP contribution is -2.51. The molecule has 1 atom stereocenters. The third-order valence-corrected chi connectivity index (χ3v) is 3.80. The number of ether oxygens (including phenoxy) is 1. The van der Waals surface area contributed by atoms with Crippen molar-refractivity contribution in [1.29, 1.82) is 0 Å². The maximum Gasteiger partial charge on any atom is 0.527 e. The molecule has 0 unspecified atom stereocenters. The molecule has 2 amide bonds. The van der Waals surface area contributed by atoms with E-state index in [1.54, 1.807) is 11.8 Å². The van der Waals surface area contributed by atoms with Crippen molar-refractivity contribution in [2.45, 2.75) is 33.1 Å². The molecule has 138 valence electrons. The molecule has 0 saturated carbocycles. The van der Waals surface area contributed by atoms with Gasteiger partial charge in [0, 0.05) is 13.1 Å². The van der Waals surface area contributed by atoms with Gasteiger partial charge in [-0.15, -0.1) is 5.06 Å². The van der Waals surface area contributed by atoms with Crippen molar-refractivity contribution in [3.05, 3.63) is 0 Å². The zero-order valence-electron chi connectivity index (χ0n) is 14.3. The third kappa shape index (κ3) is 6.71. The van der Waals surface area contributed by atoms with Crippen LogP contribution in [0, 0.1) is 5.92 Å². The van der Waals surface area contributed by atoms with Crippen molar-refractivity contribution in [3.8, 4) is 0 Å². The van der Waals surface area contributed by atoms with E-state index in [2.05, 4.69) is 0 Å². The van der Waals surface area contributed by atoms with E-state index in [1.165, 1.54) is 5.06 Å². The van der Waals surface area contributed by atoms with Gasteiger partial charge in [-0.1, -0.05) is 19.8 Å². The number of piperazine rings is 1. The Hall–Kier alpha value is -1.87. The summed E-state index contributed by atoms with van der Waals surface area (Å²) in [4.78, 5) is 41.2. The molecule has 0 bridgehead atoms. The first-order valence-corrected chi connectivity index (χ1v) is 8.31. The van der Waals surface area contributed by atoms with Gasteiger partial charge in [0.15, 0.2) is 0 Å². The molecule has 0 aliphatic carbocycles. The van der Waals surface area contributed by atoms with E-state index in [9.17, 15) is 19.6 Å². The quantitative estimate of drug-likeness (QED) is 0.286. The monoisotopic (exact) mass is 345 g/mol. The van der Waals surface area contributed by atoms with Crippen LogP contribution >= 0.6 is 0 Å². The maximum atomic E-state index is 12.6. The van der Waals surface area contributed by atoms with E-state index in [4.69, 9.17) is 9.57 Å².